The standard InChI is InChI=1S/C11H16N2O/c1-8(2)9-5-11(14,6-9)10-7-12-3-4-13-10/h3-4,7-9,14H,5-6H2,1-2H3. The molecule has 1 N–H and O–H groups in total. The van der Waals surface area contributed by atoms with Crippen LogP contribution < -0.4 is 0 Å². The Balaban J connectivity index is 2.08. The predicted octanol–water partition coefficient (Wildman–Crippen LogP) is 1.73. The van der Waals surface area contributed by atoms with Gasteiger partial charge in [-0.1, -0.05) is 13.8 Å². The molecule has 3 nitrogen and oxygen atoms in total. The largest absolute Gasteiger partial charge is 0.383 e. The fraction of sp³-hybridized carbons (Fsp3) is 0.636. The molecule has 2 rings (SSSR count). The molecule has 0 atom stereocenters. The molecule has 1 aliphatic rings. The Kier molecular flexibility index (Phi) is 2.27. The lowest BCUT2D eigenvalue weighted by Gasteiger charge is -2.45. The normalized spacial score (nSPS) is 31.6. The highest BCUT2D eigenvalue weighted by atomic mass is 16.3. The van der Waals surface area contributed by atoms with Crippen molar-refractivity contribution in [2.45, 2.75) is 32.3 Å². The first-order valence-corrected chi connectivity index (χ1v) is 5.11. The molecule has 1 fully saturated rings. The van der Waals surface area contributed by atoms with Crippen LogP contribution >= 0.6 is 0 Å². The van der Waals surface area contributed by atoms with E-state index in [-0.39, 0.29) is 0 Å². The summed E-state index contributed by atoms with van der Waals surface area (Å²) in [4.78, 5) is 8.13. The zero-order valence-electron chi connectivity index (χ0n) is 8.64. The van der Waals surface area contributed by atoms with Gasteiger partial charge < -0.3 is 5.11 Å². The van der Waals surface area contributed by atoms with Crippen molar-refractivity contribution in [3.8, 4) is 0 Å². The quantitative estimate of drug-likeness (QED) is 0.776. The lowest BCUT2D eigenvalue weighted by Crippen LogP contribution is -2.43. The Labute approximate surface area is 84.2 Å². The summed E-state index contributed by atoms with van der Waals surface area (Å²) in [6, 6.07) is 0. The molecule has 0 unspecified atom stereocenters. The molecule has 3 heteroatoms. The highest BCUT2D eigenvalue weighted by molar-refractivity contribution is 5.13. The van der Waals surface area contributed by atoms with Crippen molar-refractivity contribution in [3.63, 3.8) is 0 Å². The van der Waals surface area contributed by atoms with Gasteiger partial charge in [0.1, 0.15) is 5.60 Å². The van der Waals surface area contributed by atoms with Gasteiger partial charge in [-0.15, -0.1) is 0 Å². The van der Waals surface area contributed by atoms with E-state index in [1.807, 2.05) is 0 Å². The van der Waals surface area contributed by atoms with Crippen molar-refractivity contribution < 1.29 is 5.11 Å². The predicted molar refractivity (Wildman–Crippen MR) is 53.5 cm³/mol. The van der Waals surface area contributed by atoms with Crippen molar-refractivity contribution in [2.75, 3.05) is 0 Å². The van der Waals surface area contributed by atoms with E-state index in [0.717, 1.165) is 18.5 Å². The van der Waals surface area contributed by atoms with Crippen LogP contribution in [-0.2, 0) is 5.60 Å². The van der Waals surface area contributed by atoms with E-state index in [0.29, 0.717) is 11.8 Å². The fourth-order valence-corrected chi connectivity index (χ4v) is 2.03. The van der Waals surface area contributed by atoms with Crippen LogP contribution in [0.5, 0.6) is 0 Å². The molecule has 0 saturated heterocycles. The van der Waals surface area contributed by atoms with E-state index in [2.05, 4.69) is 23.8 Å². The van der Waals surface area contributed by atoms with Crippen molar-refractivity contribution in [1.82, 2.24) is 9.97 Å². The van der Waals surface area contributed by atoms with Crippen molar-refractivity contribution >= 4 is 0 Å². The fourth-order valence-electron chi connectivity index (χ4n) is 2.03. The summed E-state index contributed by atoms with van der Waals surface area (Å²) in [5, 5.41) is 10.2. The monoisotopic (exact) mass is 192 g/mol. The number of nitrogens with zero attached hydrogens (tertiary/aromatic N) is 2. The van der Waals surface area contributed by atoms with Gasteiger partial charge in [0.15, 0.2) is 0 Å². The molecule has 0 bridgehead atoms. The smallest absolute Gasteiger partial charge is 0.109 e. The van der Waals surface area contributed by atoms with Gasteiger partial charge in [-0.3, -0.25) is 9.97 Å². The summed E-state index contributed by atoms with van der Waals surface area (Å²) in [6.45, 7) is 4.39. The third-order valence-corrected chi connectivity index (χ3v) is 3.18. The third-order valence-electron chi connectivity index (χ3n) is 3.18. The topological polar surface area (TPSA) is 46.0 Å². The number of hydrogen-bond acceptors (Lipinski definition) is 3. The molecule has 0 aromatic carbocycles. The zero-order valence-corrected chi connectivity index (χ0v) is 8.64. The molecular weight excluding hydrogens is 176 g/mol. The summed E-state index contributed by atoms with van der Waals surface area (Å²) < 4.78 is 0. The van der Waals surface area contributed by atoms with Gasteiger partial charge in [-0.25, -0.2) is 0 Å². The number of hydrogen-bond donors (Lipinski definition) is 1. The SMILES string of the molecule is CC(C)C1CC(O)(c2cnccn2)C1. The highest BCUT2D eigenvalue weighted by Crippen LogP contribution is 2.47. The van der Waals surface area contributed by atoms with Gasteiger partial charge in [-0.05, 0) is 24.7 Å². The molecule has 0 spiro atoms. The third kappa shape index (κ3) is 1.52. The van der Waals surface area contributed by atoms with Gasteiger partial charge in [0.05, 0.1) is 11.9 Å². The average Bonchev–Trinajstić information content (AvgIpc) is 2.14. The summed E-state index contributed by atoms with van der Waals surface area (Å²) >= 11 is 0. The minimum atomic E-state index is -0.705. The number of rotatable bonds is 2. The first kappa shape index (κ1) is 9.59. The van der Waals surface area contributed by atoms with Crippen LogP contribution in [0.3, 0.4) is 0 Å². The lowest BCUT2D eigenvalue weighted by molar-refractivity contribution is -0.0967. The van der Waals surface area contributed by atoms with Gasteiger partial charge in [0, 0.05) is 12.4 Å². The molecule has 14 heavy (non-hydrogen) atoms. The Morgan fingerprint density at radius 3 is 2.64 bits per heavy atom. The van der Waals surface area contributed by atoms with Gasteiger partial charge in [0.2, 0.25) is 0 Å². The molecule has 0 radical (unpaired) electrons. The maximum atomic E-state index is 10.2. The van der Waals surface area contributed by atoms with E-state index >= 15 is 0 Å². The number of aliphatic hydroxyl groups is 1. The van der Waals surface area contributed by atoms with E-state index in [1.165, 1.54) is 0 Å². The van der Waals surface area contributed by atoms with Crippen LogP contribution in [0.4, 0.5) is 0 Å². The molecule has 0 aliphatic heterocycles. The van der Waals surface area contributed by atoms with Gasteiger partial charge in [-0.2, -0.15) is 0 Å². The molecule has 1 aromatic rings. The van der Waals surface area contributed by atoms with Gasteiger partial charge in [0.25, 0.3) is 0 Å². The zero-order chi connectivity index (χ0) is 10.2. The Morgan fingerprint density at radius 1 is 1.43 bits per heavy atom. The lowest BCUT2D eigenvalue weighted by atomic mass is 9.65. The van der Waals surface area contributed by atoms with E-state index < -0.39 is 5.60 Å². The summed E-state index contributed by atoms with van der Waals surface area (Å²) in [6.07, 6.45) is 6.57. The summed E-state index contributed by atoms with van der Waals surface area (Å²) in [5.41, 5.74) is 0.0142. The molecular formula is C11H16N2O. The Morgan fingerprint density at radius 2 is 2.14 bits per heavy atom. The molecule has 0 amide bonds. The average molecular weight is 192 g/mol. The Hall–Kier alpha value is -0.960. The van der Waals surface area contributed by atoms with Crippen molar-refractivity contribution in [2.24, 2.45) is 11.8 Å². The summed E-state index contributed by atoms with van der Waals surface area (Å²) in [7, 11) is 0. The van der Waals surface area contributed by atoms with E-state index in [4.69, 9.17) is 0 Å². The number of aromatic nitrogens is 2. The van der Waals surface area contributed by atoms with Crippen LogP contribution in [-0.4, -0.2) is 15.1 Å². The first-order valence-electron chi connectivity index (χ1n) is 5.11. The molecule has 1 saturated carbocycles. The van der Waals surface area contributed by atoms with E-state index in [1.54, 1.807) is 18.6 Å². The minimum Gasteiger partial charge on any atom is -0.383 e. The second-order valence-electron chi connectivity index (χ2n) is 4.53. The van der Waals surface area contributed by atoms with E-state index in [9.17, 15) is 5.11 Å². The molecule has 76 valence electrons. The Bertz CT molecular complexity index is 304. The molecule has 1 aliphatic carbocycles. The summed E-state index contributed by atoms with van der Waals surface area (Å²) in [5.74, 6) is 1.27. The van der Waals surface area contributed by atoms with Crippen LogP contribution in [0.2, 0.25) is 0 Å². The van der Waals surface area contributed by atoms with Crippen LogP contribution in [0.25, 0.3) is 0 Å². The van der Waals surface area contributed by atoms with Crippen LogP contribution in [0.15, 0.2) is 18.6 Å². The minimum absolute atomic E-state index is 0.627. The first-order chi connectivity index (χ1) is 6.62. The second kappa shape index (κ2) is 3.31. The van der Waals surface area contributed by atoms with Crippen LogP contribution in [0.1, 0.15) is 32.4 Å². The molecule has 1 heterocycles. The van der Waals surface area contributed by atoms with Crippen LogP contribution in [0, 0.1) is 11.8 Å². The van der Waals surface area contributed by atoms with Crippen molar-refractivity contribution in [3.05, 3.63) is 24.3 Å². The second-order valence-corrected chi connectivity index (χ2v) is 4.53. The van der Waals surface area contributed by atoms with Crippen molar-refractivity contribution in [1.29, 1.82) is 0 Å². The maximum Gasteiger partial charge on any atom is 0.109 e. The molecule has 1 aromatic heterocycles. The maximum absolute atomic E-state index is 10.2. The van der Waals surface area contributed by atoms with Gasteiger partial charge >= 0.3 is 0 Å². The highest BCUT2D eigenvalue weighted by Gasteiger charge is 2.46.